The van der Waals surface area contributed by atoms with Crippen LogP contribution in [-0.2, 0) is 0 Å². The van der Waals surface area contributed by atoms with Gasteiger partial charge in [0.05, 0.1) is 6.07 Å². The Balaban J connectivity index is 2.76. The summed E-state index contributed by atoms with van der Waals surface area (Å²) in [4.78, 5) is 0. The number of nitriles is 1. The van der Waals surface area contributed by atoms with E-state index >= 15 is 0 Å². The van der Waals surface area contributed by atoms with Gasteiger partial charge in [-0.1, -0.05) is 39.7 Å². The van der Waals surface area contributed by atoms with E-state index in [2.05, 4.69) is 32.9 Å². The number of nitrogens with zero attached hydrogens (tertiary/aromatic N) is 1. The Labute approximate surface area is 81.5 Å². The molecule has 0 aromatic rings. The van der Waals surface area contributed by atoms with Crippen LogP contribution < -0.4 is 0 Å². The van der Waals surface area contributed by atoms with Gasteiger partial charge in [0.1, 0.15) is 0 Å². The molecule has 0 N–H and O–H groups in total. The highest BCUT2D eigenvalue weighted by Gasteiger charge is 2.34. The van der Waals surface area contributed by atoms with E-state index < -0.39 is 0 Å². The molecule has 0 aromatic heterocycles. The van der Waals surface area contributed by atoms with Crippen LogP contribution in [0.4, 0.5) is 0 Å². The van der Waals surface area contributed by atoms with Crippen molar-refractivity contribution in [2.24, 2.45) is 17.3 Å². The van der Waals surface area contributed by atoms with Gasteiger partial charge in [-0.25, -0.2) is 0 Å². The first-order valence-electron chi connectivity index (χ1n) is 5.14. The van der Waals surface area contributed by atoms with Crippen molar-refractivity contribution in [2.75, 3.05) is 0 Å². The van der Waals surface area contributed by atoms with E-state index in [1.807, 2.05) is 0 Å². The highest BCUT2D eigenvalue weighted by atomic mass is 14.4. The SMILES string of the molecule is C[C@H]1CCCC(C)(C)[C@@H]1C=CC#N. The number of rotatable bonds is 1. The molecule has 0 heterocycles. The summed E-state index contributed by atoms with van der Waals surface area (Å²) < 4.78 is 0. The number of hydrogen-bond donors (Lipinski definition) is 0. The van der Waals surface area contributed by atoms with E-state index in [4.69, 9.17) is 5.26 Å². The van der Waals surface area contributed by atoms with Gasteiger partial charge in [0, 0.05) is 6.08 Å². The maximum absolute atomic E-state index is 8.52. The van der Waals surface area contributed by atoms with Gasteiger partial charge in [-0.2, -0.15) is 5.26 Å². The fraction of sp³-hybridized carbons (Fsp3) is 0.750. The molecule has 13 heavy (non-hydrogen) atoms. The zero-order valence-corrected chi connectivity index (χ0v) is 8.88. The molecule has 72 valence electrons. The molecule has 1 aliphatic carbocycles. The molecular formula is C12H19N. The zero-order chi connectivity index (χ0) is 9.90. The van der Waals surface area contributed by atoms with Crippen molar-refractivity contribution in [1.29, 1.82) is 5.26 Å². The van der Waals surface area contributed by atoms with Crippen molar-refractivity contribution in [3.05, 3.63) is 12.2 Å². The molecular weight excluding hydrogens is 158 g/mol. The predicted octanol–water partition coefficient (Wildman–Crippen LogP) is 3.53. The molecule has 0 aliphatic heterocycles. The Kier molecular flexibility index (Phi) is 3.14. The molecule has 0 spiro atoms. The Hall–Kier alpha value is -0.770. The Morgan fingerprint density at radius 1 is 1.46 bits per heavy atom. The lowest BCUT2D eigenvalue weighted by Crippen LogP contribution is -2.32. The molecule has 0 unspecified atom stereocenters. The Morgan fingerprint density at radius 2 is 2.15 bits per heavy atom. The first kappa shape index (κ1) is 10.3. The summed E-state index contributed by atoms with van der Waals surface area (Å²) in [5.41, 5.74) is 0.380. The van der Waals surface area contributed by atoms with Gasteiger partial charge in [0.15, 0.2) is 0 Å². The highest BCUT2D eigenvalue weighted by molar-refractivity contribution is 5.08. The van der Waals surface area contributed by atoms with Gasteiger partial charge in [-0.05, 0) is 23.7 Å². The van der Waals surface area contributed by atoms with Crippen LogP contribution in [0.3, 0.4) is 0 Å². The first-order valence-corrected chi connectivity index (χ1v) is 5.14. The highest BCUT2D eigenvalue weighted by Crippen LogP contribution is 2.44. The maximum atomic E-state index is 8.52. The molecule has 1 aliphatic rings. The van der Waals surface area contributed by atoms with Crippen LogP contribution >= 0.6 is 0 Å². The smallest absolute Gasteiger partial charge is 0.0908 e. The van der Waals surface area contributed by atoms with Crippen molar-refractivity contribution in [2.45, 2.75) is 40.0 Å². The summed E-state index contributed by atoms with van der Waals surface area (Å²) in [6.45, 7) is 6.93. The second-order valence-electron chi connectivity index (χ2n) is 4.87. The van der Waals surface area contributed by atoms with Crippen LogP contribution in [0.1, 0.15) is 40.0 Å². The molecule has 0 bridgehead atoms. The minimum Gasteiger partial charge on any atom is -0.193 e. The summed E-state index contributed by atoms with van der Waals surface area (Å²) >= 11 is 0. The second kappa shape index (κ2) is 3.96. The third-order valence-electron chi connectivity index (χ3n) is 3.37. The third-order valence-corrected chi connectivity index (χ3v) is 3.37. The predicted molar refractivity (Wildman–Crippen MR) is 55.0 cm³/mol. The topological polar surface area (TPSA) is 23.8 Å². The summed E-state index contributed by atoms with van der Waals surface area (Å²) in [5.74, 6) is 1.31. The Bertz CT molecular complexity index is 232. The zero-order valence-electron chi connectivity index (χ0n) is 8.88. The second-order valence-corrected chi connectivity index (χ2v) is 4.87. The maximum Gasteiger partial charge on any atom is 0.0908 e. The molecule has 1 heteroatoms. The molecule has 1 fully saturated rings. The first-order chi connectivity index (χ1) is 6.08. The fourth-order valence-electron chi connectivity index (χ4n) is 2.59. The minimum atomic E-state index is 0.380. The van der Waals surface area contributed by atoms with Crippen molar-refractivity contribution >= 4 is 0 Å². The molecule has 1 rings (SSSR count). The van der Waals surface area contributed by atoms with E-state index in [0.29, 0.717) is 11.3 Å². The molecule has 0 radical (unpaired) electrons. The lowest BCUT2D eigenvalue weighted by molar-refractivity contribution is 0.123. The minimum absolute atomic E-state index is 0.380. The van der Waals surface area contributed by atoms with Gasteiger partial charge < -0.3 is 0 Å². The van der Waals surface area contributed by atoms with Crippen LogP contribution in [0.5, 0.6) is 0 Å². The molecule has 0 saturated heterocycles. The number of allylic oxidation sites excluding steroid dienone is 2. The summed E-state index contributed by atoms with van der Waals surface area (Å²) in [6.07, 6.45) is 7.69. The van der Waals surface area contributed by atoms with Gasteiger partial charge in [0.25, 0.3) is 0 Å². The average Bonchev–Trinajstić information content (AvgIpc) is 2.02. The van der Waals surface area contributed by atoms with Gasteiger partial charge in [-0.3, -0.25) is 0 Å². The van der Waals surface area contributed by atoms with Crippen LogP contribution in [0, 0.1) is 28.6 Å². The molecule has 0 amide bonds. The quantitative estimate of drug-likeness (QED) is 0.562. The van der Waals surface area contributed by atoms with E-state index in [0.717, 1.165) is 5.92 Å². The third kappa shape index (κ3) is 2.34. The van der Waals surface area contributed by atoms with E-state index in [-0.39, 0.29) is 0 Å². The fourth-order valence-corrected chi connectivity index (χ4v) is 2.59. The van der Waals surface area contributed by atoms with E-state index in [1.54, 1.807) is 6.08 Å². The van der Waals surface area contributed by atoms with E-state index in [1.165, 1.54) is 19.3 Å². The molecule has 0 aromatic carbocycles. The van der Waals surface area contributed by atoms with Crippen LogP contribution in [-0.4, -0.2) is 0 Å². The summed E-state index contributed by atoms with van der Waals surface area (Å²) in [7, 11) is 0. The van der Waals surface area contributed by atoms with Crippen LogP contribution in [0.25, 0.3) is 0 Å². The lowest BCUT2D eigenvalue weighted by atomic mass is 9.64. The Morgan fingerprint density at radius 3 is 2.69 bits per heavy atom. The molecule has 1 saturated carbocycles. The average molecular weight is 177 g/mol. The van der Waals surface area contributed by atoms with Gasteiger partial charge in [0.2, 0.25) is 0 Å². The summed E-state index contributed by atoms with van der Waals surface area (Å²) in [5, 5.41) is 8.52. The van der Waals surface area contributed by atoms with Crippen LogP contribution in [0.2, 0.25) is 0 Å². The number of hydrogen-bond acceptors (Lipinski definition) is 1. The lowest BCUT2D eigenvalue weighted by Gasteiger charge is -2.41. The monoisotopic (exact) mass is 177 g/mol. The normalized spacial score (nSPS) is 33.1. The van der Waals surface area contributed by atoms with Crippen molar-refractivity contribution in [3.8, 4) is 6.07 Å². The van der Waals surface area contributed by atoms with Gasteiger partial charge in [-0.15, -0.1) is 0 Å². The van der Waals surface area contributed by atoms with Crippen molar-refractivity contribution in [1.82, 2.24) is 0 Å². The molecule has 2 atom stereocenters. The standard InChI is InChI=1S/C12H19N/c1-10-6-4-8-12(2,3)11(10)7-5-9-13/h5,7,10-11H,4,6,8H2,1-3H3/t10-,11+/m0/s1. The van der Waals surface area contributed by atoms with Crippen molar-refractivity contribution in [3.63, 3.8) is 0 Å². The van der Waals surface area contributed by atoms with E-state index in [9.17, 15) is 0 Å². The van der Waals surface area contributed by atoms with Gasteiger partial charge >= 0.3 is 0 Å². The molecule has 1 nitrogen and oxygen atoms in total. The van der Waals surface area contributed by atoms with Crippen molar-refractivity contribution < 1.29 is 0 Å². The largest absolute Gasteiger partial charge is 0.193 e. The summed E-state index contributed by atoms with van der Waals surface area (Å²) in [6, 6.07) is 2.09. The van der Waals surface area contributed by atoms with Crippen LogP contribution in [0.15, 0.2) is 12.2 Å².